The number of rotatable bonds is 4. The van der Waals surface area contributed by atoms with Gasteiger partial charge in [0.15, 0.2) is 0 Å². The third kappa shape index (κ3) is 2.34. The summed E-state index contributed by atoms with van der Waals surface area (Å²) in [6.45, 7) is 0. The second-order valence-electron chi connectivity index (χ2n) is 3.62. The van der Waals surface area contributed by atoms with Crippen LogP contribution in [0.4, 0.5) is 0 Å². The van der Waals surface area contributed by atoms with E-state index in [0.29, 0.717) is 6.42 Å². The summed E-state index contributed by atoms with van der Waals surface area (Å²) >= 11 is 0. The highest BCUT2D eigenvalue weighted by Crippen LogP contribution is 2.24. The summed E-state index contributed by atoms with van der Waals surface area (Å²) in [4.78, 5) is 15.0. The lowest BCUT2D eigenvalue weighted by Crippen LogP contribution is -2.03. The van der Waals surface area contributed by atoms with Crippen molar-refractivity contribution < 1.29 is 4.79 Å². The normalized spacial score (nSPS) is 12.0. The number of hydrogen-bond acceptors (Lipinski definition) is 2. The fourth-order valence-electron chi connectivity index (χ4n) is 1.79. The molecule has 1 aromatic carbocycles. The first-order chi connectivity index (χ1) is 7.92. The van der Waals surface area contributed by atoms with Crippen LogP contribution in [0.1, 0.15) is 23.6 Å². The highest BCUT2D eigenvalue weighted by molar-refractivity contribution is 5.53. The van der Waals surface area contributed by atoms with Crippen molar-refractivity contribution in [1.29, 1.82) is 0 Å². The molecule has 0 radical (unpaired) electrons. The molecule has 0 saturated heterocycles. The molecular weight excluding hydrogens is 198 g/mol. The molecule has 2 heteroatoms. The van der Waals surface area contributed by atoms with Crippen molar-refractivity contribution in [3.63, 3.8) is 0 Å². The Hall–Kier alpha value is -1.96. The number of benzene rings is 1. The van der Waals surface area contributed by atoms with Gasteiger partial charge in [-0.1, -0.05) is 36.4 Å². The number of pyridine rings is 1. The Bertz CT molecular complexity index is 399. The van der Waals surface area contributed by atoms with Gasteiger partial charge in [-0.05, 0) is 17.7 Å². The van der Waals surface area contributed by atoms with Gasteiger partial charge >= 0.3 is 0 Å². The van der Waals surface area contributed by atoms with E-state index in [0.717, 1.165) is 17.5 Å². The first-order valence-corrected chi connectivity index (χ1v) is 5.31. The minimum atomic E-state index is 0.0694. The van der Waals surface area contributed by atoms with Gasteiger partial charge in [0.05, 0.1) is 0 Å². The summed E-state index contributed by atoms with van der Waals surface area (Å²) in [6.07, 6.45) is 3.18. The van der Waals surface area contributed by atoms with Crippen molar-refractivity contribution in [2.24, 2.45) is 0 Å². The second-order valence-corrected chi connectivity index (χ2v) is 3.62. The molecular formula is C14H13NO. The van der Waals surface area contributed by atoms with Crippen molar-refractivity contribution in [1.82, 2.24) is 4.98 Å². The van der Waals surface area contributed by atoms with Crippen molar-refractivity contribution >= 4 is 6.29 Å². The minimum absolute atomic E-state index is 0.0694. The summed E-state index contributed by atoms with van der Waals surface area (Å²) in [5.41, 5.74) is 2.08. The van der Waals surface area contributed by atoms with Gasteiger partial charge in [0, 0.05) is 24.2 Å². The van der Waals surface area contributed by atoms with E-state index in [1.54, 1.807) is 6.20 Å². The van der Waals surface area contributed by atoms with E-state index in [9.17, 15) is 4.79 Å². The van der Waals surface area contributed by atoms with Crippen LogP contribution in [0.5, 0.6) is 0 Å². The predicted octanol–water partition coefficient (Wildman–Crippen LogP) is 2.80. The topological polar surface area (TPSA) is 30.0 Å². The molecule has 2 rings (SSSR count). The summed E-state index contributed by atoms with van der Waals surface area (Å²) in [7, 11) is 0. The third-order valence-electron chi connectivity index (χ3n) is 2.58. The van der Waals surface area contributed by atoms with E-state index in [1.807, 2.05) is 48.5 Å². The predicted molar refractivity (Wildman–Crippen MR) is 63.2 cm³/mol. The SMILES string of the molecule is O=CCC(c1ccccc1)c1ccccn1. The lowest BCUT2D eigenvalue weighted by molar-refractivity contribution is -0.108. The Labute approximate surface area is 95.0 Å². The lowest BCUT2D eigenvalue weighted by atomic mass is 9.93. The van der Waals surface area contributed by atoms with Crippen LogP contribution in [0.15, 0.2) is 54.7 Å². The largest absolute Gasteiger partial charge is 0.303 e. The van der Waals surface area contributed by atoms with Gasteiger partial charge in [0.2, 0.25) is 0 Å². The maximum absolute atomic E-state index is 10.7. The Balaban J connectivity index is 2.35. The summed E-state index contributed by atoms with van der Waals surface area (Å²) < 4.78 is 0. The molecule has 1 atom stereocenters. The summed E-state index contributed by atoms with van der Waals surface area (Å²) in [5, 5.41) is 0. The van der Waals surface area contributed by atoms with Crippen molar-refractivity contribution in [3.05, 3.63) is 66.0 Å². The van der Waals surface area contributed by atoms with Gasteiger partial charge < -0.3 is 4.79 Å². The van der Waals surface area contributed by atoms with Gasteiger partial charge in [-0.15, -0.1) is 0 Å². The number of hydrogen-bond donors (Lipinski definition) is 0. The maximum atomic E-state index is 10.7. The first kappa shape index (κ1) is 10.6. The Morgan fingerprint density at radius 3 is 2.44 bits per heavy atom. The number of aromatic nitrogens is 1. The van der Waals surface area contributed by atoms with Crippen LogP contribution in [0.3, 0.4) is 0 Å². The molecule has 0 amide bonds. The van der Waals surface area contributed by atoms with E-state index < -0.39 is 0 Å². The summed E-state index contributed by atoms with van der Waals surface area (Å²) in [6, 6.07) is 15.8. The smallest absolute Gasteiger partial charge is 0.120 e. The molecule has 0 aliphatic rings. The number of carbonyl (C=O) groups excluding carboxylic acids is 1. The molecule has 16 heavy (non-hydrogen) atoms. The Morgan fingerprint density at radius 1 is 1.06 bits per heavy atom. The monoisotopic (exact) mass is 211 g/mol. The summed E-state index contributed by atoms with van der Waals surface area (Å²) in [5.74, 6) is 0.0694. The van der Waals surface area contributed by atoms with E-state index in [1.165, 1.54) is 0 Å². The van der Waals surface area contributed by atoms with Gasteiger partial charge in [-0.2, -0.15) is 0 Å². The zero-order valence-electron chi connectivity index (χ0n) is 8.91. The van der Waals surface area contributed by atoms with Crippen molar-refractivity contribution in [2.75, 3.05) is 0 Å². The molecule has 0 aliphatic carbocycles. The molecule has 0 bridgehead atoms. The van der Waals surface area contributed by atoms with Crippen LogP contribution in [0, 0.1) is 0 Å². The number of aldehydes is 1. The highest BCUT2D eigenvalue weighted by atomic mass is 16.1. The molecule has 0 saturated carbocycles. The van der Waals surface area contributed by atoms with Gasteiger partial charge in [0.1, 0.15) is 6.29 Å². The van der Waals surface area contributed by atoms with Crippen LogP contribution < -0.4 is 0 Å². The Morgan fingerprint density at radius 2 is 1.81 bits per heavy atom. The maximum Gasteiger partial charge on any atom is 0.120 e. The van der Waals surface area contributed by atoms with Gasteiger partial charge in [0.25, 0.3) is 0 Å². The lowest BCUT2D eigenvalue weighted by Gasteiger charge is -2.13. The molecule has 2 aromatic rings. The quantitative estimate of drug-likeness (QED) is 0.728. The molecule has 2 nitrogen and oxygen atoms in total. The number of carbonyl (C=O) groups is 1. The fourth-order valence-corrected chi connectivity index (χ4v) is 1.79. The second kappa shape index (κ2) is 5.21. The first-order valence-electron chi connectivity index (χ1n) is 5.31. The van der Waals surface area contributed by atoms with Crippen molar-refractivity contribution in [3.8, 4) is 0 Å². The zero-order valence-corrected chi connectivity index (χ0v) is 8.91. The van der Waals surface area contributed by atoms with E-state index in [4.69, 9.17) is 0 Å². The molecule has 1 unspecified atom stereocenters. The van der Waals surface area contributed by atoms with E-state index >= 15 is 0 Å². The highest BCUT2D eigenvalue weighted by Gasteiger charge is 2.13. The Kier molecular flexibility index (Phi) is 3.44. The van der Waals surface area contributed by atoms with E-state index in [-0.39, 0.29) is 5.92 Å². The van der Waals surface area contributed by atoms with Crippen LogP contribution in [0.25, 0.3) is 0 Å². The zero-order chi connectivity index (χ0) is 11.2. The van der Waals surface area contributed by atoms with E-state index in [2.05, 4.69) is 4.98 Å². The standard InChI is InChI=1S/C14H13NO/c16-11-9-13(12-6-2-1-3-7-12)14-8-4-5-10-15-14/h1-8,10-11,13H,9H2. The molecule has 0 spiro atoms. The molecule has 0 aliphatic heterocycles. The molecule has 1 aromatic heterocycles. The molecule has 1 heterocycles. The van der Waals surface area contributed by atoms with Crippen LogP contribution >= 0.6 is 0 Å². The molecule has 0 N–H and O–H groups in total. The number of nitrogens with zero attached hydrogens (tertiary/aromatic N) is 1. The minimum Gasteiger partial charge on any atom is -0.303 e. The average molecular weight is 211 g/mol. The average Bonchev–Trinajstić information content (AvgIpc) is 2.38. The van der Waals surface area contributed by atoms with Gasteiger partial charge in [-0.25, -0.2) is 0 Å². The van der Waals surface area contributed by atoms with Gasteiger partial charge in [-0.3, -0.25) is 4.98 Å². The van der Waals surface area contributed by atoms with Crippen LogP contribution in [-0.2, 0) is 4.79 Å². The van der Waals surface area contributed by atoms with Crippen LogP contribution in [-0.4, -0.2) is 11.3 Å². The molecule has 0 fully saturated rings. The third-order valence-corrected chi connectivity index (χ3v) is 2.58. The van der Waals surface area contributed by atoms with Crippen LogP contribution in [0.2, 0.25) is 0 Å². The fraction of sp³-hybridized carbons (Fsp3) is 0.143. The van der Waals surface area contributed by atoms with Crippen molar-refractivity contribution in [2.45, 2.75) is 12.3 Å². The molecule has 80 valence electrons.